The lowest BCUT2D eigenvalue weighted by atomic mass is 9.86. The zero-order valence-electron chi connectivity index (χ0n) is 22.3. The highest BCUT2D eigenvalue weighted by Crippen LogP contribution is 2.42. The van der Waals surface area contributed by atoms with Gasteiger partial charge < -0.3 is 20.1 Å². The van der Waals surface area contributed by atoms with Gasteiger partial charge in [0.1, 0.15) is 18.1 Å². The molecular formula is C32H35ClN2O3. The van der Waals surface area contributed by atoms with Gasteiger partial charge in [-0.25, -0.2) is 0 Å². The molecule has 1 amide bonds. The molecule has 2 N–H and O–H groups in total. The molecule has 1 aliphatic rings. The Balaban J connectivity index is 1.54. The fourth-order valence-corrected chi connectivity index (χ4v) is 5.02. The molecule has 38 heavy (non-hydrogen) atoms. The van der Waals surface area contributed by atoms with Crippen molar-refractivity contribution in [3.8, 4) is 11.5 Å². The van der Waals surface area contributed by atoms with E-state index < -0.39 is 0 Å². The third-order valence-electron chi connectivity index (χ3n) is 6.70. The van der Waals surface area contributed by atoms with E-state index in [1.54, 1.807) is 26.2 Å². The number of nitrogens with zero attached hydrogens (tertiary/aromatic N) is 1. The van der Waals surface area contributed by atoms with Crippen molar-refractivity contribution in [2.45, 2.75) is 26.2 Å². The van der Waals surface area contributed by atoms with Gasteiger partial charge >= 0.3 is 0 Å². The van der Waals surface area contributed by atoms with Crippen LogP contribution >= 0.6 is 11.6 Å². The van der Waals surface area contributed by atoms with Gasteiger partial charge in [-0.15, -0.1) is 0 Å². The van der Waals surface area contributed by atoms with Crippen LogP contribution in [0.2, 0.25) is 5.02 Å². The lowest BCUT2D eigenvalue weighted by Gasteiger charge is -2.18. The maximum atomic E-state index is 11.6. The number of amides is 1. The van der Waals surface area contributed by atoms with Crippen molar-refractivity contribution < 1.29 is 14.6 Å². The number of carbonyl (C=O) groups is 1. The summed E-state index contributed by atoms with van der Waals surface area (Å²) in [4.78, 5) is 13.1. The summed E-state index contributed by atoms with van der Waals surface area (Å²) in [6.45, 7) is 3.91. The smallest absolute Gasteiger partial charge is 0.245 e. The van der Waals surface area contributed by atoms with Gasteiger partial charge in [-0.05, 0) is 102 Å². The molecule has 0 saturated carbocycles. The molecule has 1 aliphatic carbocycles. The Kier molecular flexibility index (Phi) is 9.27. The second-order valence-corrected chi connectivity index (χ2v) is 10.2. The van der Waals surface area contributed by atoms with Crippen LogP contribution in [0.5, 0.6) is 11.5 Å². The highest BCUT2D eigenvalue weighted by Gasteiger charge is 2.21. The number of allylic oxidation sites excluding steroid dienone is 1. The van der Waals surface area contributed by atoms with Crippen LogP contribution in [-0.4, -0.2) is 49.7 Å². The summed E-state index contributed by atoms with van der Waals surface area (Å²) in [5.41, 5.74) is 8.28. The Labute approximate surface area is 230 Å². The van der Waals surface area contributed by atoms with E-state index in [9.17, 15) is 9.90 Å². The monoisotopic (exact) mass is 530 g/mol. The molecular weight excluding hydrogens is 496 g/mol. The molecule has 0 aliphatic heterocycles. The van der Waals surface area contributed by atoms with E-state index >= 15 is 0 Å². The number of likely N-dealkylation sites (N-methyl/N-ethyl adjacent to an activating group) is 1. The number of fused-ring (bicyclic) bond motifs is 1. The number of aryl methyl sites for hydroxylation is 2. The number of benzene rings is 3. The molecule has 3 aromatic carbocycles. The Morgan fingerprint density at radius 1 is 1.05 bits per heavy atom. The maximum absolute atomic E-state index is 11.6. The third kappa shape index (κ3) is 6.85. The number of rotatable bonds is 9. The number of halogens is 1. The third-order valence-corrected chi connectivity index (χ3v) is 6.94. The summed E-state index contributed by atoms with van der Waals surface area (Å²) in [5, 5.41) is 14.1. The SMILES string of the molecule is Cc1cc(Cl)ccc1C1=C(c2ccc(OCCNC/C=C/C(=O)N(C)C)cc2)c2ccc(O)cc2CCC1. The highest BCUT2D eigenvalue weighted by molar-refractivity contribution is 6.30. The molecule has 3 aromatic rings. The van der Waals surface area contributed by atoms with Crippen molar-refractivity contribution in [1.29, 1.82) is 0 Å². The number of phenolic OH excluding ortho intramolecular Hbond substituents is 1. The van der Waals surface area contributed by atoms with Crippen LogP contribution in [-0.2, 0) is 11.2 Å². The van der Waals surface area contributed by atoms with E-state index in [2.05, 4.69) is 30.4 Å². The van der Waals surface area contributed by atoms with Gasteiger partial charge in [-0.1, -0.05) is 41.9 Å². The van der Waals surface area contributed by atoms with Crippen molar-refractivity contribution in [2.24, 2.45) is 0 Å². The summed E-state index contributed by atoms with van der Waals surface area (Å²) in [5.74, 6) is 1.07. The van der Waals surface area contributed by atoms with Crippen molar-refractivity contribution >= 4 is 28.7 Å². The lowest BCUT2D eigenvalue weighted by Crippen LogP contribution is -2.22. The molecule has 0 unspecified atom stereocenters. The van der Waals surface area contributed by atoms with Crippen LogP contribution in [0.25, 0.3) is 11.1 Å². The van der Waals surface area contributed by atoms with Gasteiger partial charge in [0.25, 0.3) is 0 Å². The second kappa shape index (κ2) is 12.8. The van der Waals surface area contributed by atoms with E-state index in [0.29, 0.717) is 25.4 Å². The predicted octanol–water partition coefficient (Wildman–Crippen LogP) is 6.26. The number of aromatic hydroxyl groups is 1. The van der Waals surface area contributed by atoms with Crippen molar-refractivity contribution in [3.63, 3.8) is 0 Å². The topological polar surface area (TPSA) is 61.8 Å². The molecule has 6 heteroatoms. The first-order chi connectivity index (χ1) is 18.3. The number of ether oxygens (including phenoxy) is 1. The van der Waals surface area contributed by atoms with Crippen molar-refractivity contribution in [1.82, 2.24) is 10.2 Å². The molecule has 4 rings (SSSR count). The van der Waals surface area contributed by atoms with Gasteiger partial charge in [-0.3, -0.25) is 4.79 Å². The molecule has 0 radical (unpaired) electrons. The molecule has 0 saturated heterocycles. The minimum absolute atomic E-state index is 0.0271. The van der Waals surface area contributed by atoms with Crippen molar-refractivity contribution in [2.75, 3.05) is 33.8 Å². The Hall–Kier alpha value is -3.54. The average molecular weight is 531 g/mol. The van der Waals surface area contributed by atoms with E-state index in [4.69, 9.17) is 16.3 Å². The summed E-state index contributed by atoms with van der Waals surface area (Å²) >= 11 is 6.28. The number of phenols is 1. The zero-order chi connectivity index (χ0) is 27.1. The van der Waals surface area contributed by atoms with Gasteiger partial charge in [0, 0.05) is 38.3 Å². The summed E-state index contributed by atoms with van der Waals surface area (Å²) in [6.07, 6.45) is 6.23. The second-order valence-electron chi connectivity index (χ2n) is 9.72. The van der Waals surface area contributed by atoms with Crippen LogP contribution < -0.4 is 10.1 Å². The first-order valence-electron chi connectivity index (χ1n) is 13.0. The first-order valence-corrected chi connectivity index (χ1v) is 13.3. The van der Waals surface area contributed by atoms with Gasteiger partial charge in [0.2, 0.25) is 5.91 Å². The number of nitrogens with one attached hydrogen (secondary N) is 1. The standard InChI is InChI=1S/C32H35ClN2O3/c1-22-20-25(33)11-15-28(22)30-7-4-6-24-21-26(36)12-16-29(24)32(30)23-9-13-27(14-10-23)38-19-18-34-17-5-8-31(37)35(2)3/h5,8-16,20-21,34,36H,4,6-7,17-19H2,1-3H3/b8-5+. The van der Waals surface area contributed by atoms with Crippen LogP contribution in [0.3, 0.4) is 0 Å². The molecule has 0 bridgehead atoms. The van der Waals surface area contributed by atoms with Crippen LogP contribution in [0.4, 0.5) is 0 Å². The summed E-state index contributed by atoms with van der Waals surface area (Å²) < 4.78 is 5.94. The minimum Gasteiger partial charge on any atom is -0.508 e. The Morgan fingerprint density at radius 2 is 1.82 bits per heavy atom. The van der Waals surface area contributed by atoms with Gasteiger partial charge in [0.05, 0.1) is 0 Å². The Morgan fingerprint density at radius 3 is 2.55 bits per heavy atom. The van der Waals surface area contributed by atoms with Crippen LogP contribution in [0.1, 0.15) is 40.7 Å². The van der Waals surface area contributed by atoms with E-state index in [-0.39, 0.29) is 5.91 Å². The first kappa shape index (κ1) is 27.5. The van der Waals surface area contributed by atoms with Crippen LogP contribution in [0.15, 0.2) is 72.8 Å². The minimum atomic E-state index is -0.0271. The molecule has 0 fully saturated rings. The Bertz CT molecular complexity index is 1340. The molecule has 0 aromatic heterocycles. The van der Waals surface area contributed by atoms with E-state index in [1.165, 1.54) is 21.6 Å². The van der Waals surface area contributed by atoms with E-state index in [0.717, 1.165) is 52.3 Å². The van der Waals surface area contributed by atoms with Gasteiger partial charge in [0.15, 0.2) is 0 Å². The highest BCUT2D eigenvalue weighted by atomic mass is 35.5. The summed E-state index contributed by atoms with van der Waals surface area (Å²) in [6, 6.07) is 20.0. The number of hydrogen-bond donors (Lipinski definition) is 2. The summed E-state index contributed by atoms with van der Waals surface area (Å²) in [7, 11) is 3.46. The molecule has 5 nitrogen and oxygen atoms in total. The molecule has 0 heterocycles. The molecule has 198 valence electrons. The quantitative estimate of drug-likeness (QED) is 0.253. The zero-order valence-corrected chi connectivity index (χ0v) is 23.0. The maximum Gasteiger partial charge on any atom is 0.245 e. The van der Waals surface area contributed by atoms with Crippen LogP contribution in [0, 0.1) is 6.92 Å². The number of hydrogen-bond acceptors (Lipinski definition) is 4. The van der Waals surface area contributed by atoms with Crippen molar-refractivity contribution in [3.05, 3.63) is 106 Å². The number of carbonyl (C=O) groups excluding carboxylic acids is 1. The van der Waals surface area contributed by atoms with Gasteiger partial charge in [-0.2, -0.15) is 0 Å². The molecule has 0 spiro atoms. The fraction of sp³-hybridized carbons (Fsp3) is 0.281. The fourth-order valence-electron chi connectivity index (χ4n) is 4.79. The molecule has 0 atom stereocenters. The predicted molar refractivity (Wildman–Crippen MR) is 156 cm³/mol. The van der Waals surface area contributed by atoms with E-state index in [1.807, 2.05) is 42.5 Å². The largest absolute Gasteiger partial charge is 0.508 e. The normalized spacial score (nSPS) is 13.4. The average Bonchev–Trinajstić information content (AvgIpc) is 3.07. The lowest BCUT2D eigenvalue weighted by molar-refractivity contribution is -0.123.